The van der Waals surface area contributed by atoms with Crippen LogP contribution in [0.4, 0.5) is 5.69 Å². The second-order valence-electron chi connectivity index (χ2n) is 6.20. The SMILES string of the molecule is COc1cc(C(=O)Nc2ccc(C(C)C)cc2)cc(OC)c1OCC(N)=O. The Bertz CT molecular complexity index is 791. The monoisotopic (exact) mass is 372 g/mol. The zero-order valence-electron chi connectivity index (χ0n) is 15.9. The van der Waals surface area contributed by atoms with Gasteiger partial charge in [0.2, 0.25) is 5.75 Å². The van der Waals surface area contributed by atoms with E-state index in [9.17, 15) is 9.59 Å². The van der Waals surface area contributed by atoms with E-state index in [-0.39, 0.29) is 29.8 Å². The molecule has 0 heterocycles. The first kappa shape index (κ1) is 20.1. The second-order valence-corrected chi connectivity index (χ2v) is 6.20. The molecule has 0 aliphatic heterocycles. The highest BCUT2D eigenvalue weighted by Gasteiger charge is 2.18. The van der Waals surface area contributed by atoms with Gasteiger partial charge in [-0.15, -0.1) is 0 Å². The zero-order valence-corrected chi connectivity index (χ0v) is 15.9. The molecule has 7 heteroatoms. The zero-order chi connectivity index (χ0) is 20.0. The van der Waals surface area contributed by atoms with Crippen LogP contribution in [0.15, 0.2) is 36.4 Å². The standard InChI is InChI=1S/C20H24N2O5/c1-12(2)13-5-7-15(8-6-13)22-20(24)14-9-16(25-3)19(17(10-14)26-4)27-11-18(21)23/h5-10,12H,11H2,1-4H3,(H2,21,23)(H,22,24). The van der Waals surface area contributed by atoms with E-state index in [4.69, 9.17) is 19.9 Å². The molecular formula is C20H24N2O5. The van der Waals surface area contributed by atoms with E-state index in [0.717, 1.165) is 0 Å². The highest BCUT2D eigenvalue weighted by molar-refractivity contribution is 6.05. The number of ether oxygens (including phenoxy) is 3. The van der Waals surface area contributed by atoms with Crippen molar-refractivity contribution >= 4 is 17.5 Å². The van der Waals surface area contributed by atoms with Crippen LogP contribution in [0.3, 0.4) is 0 Å². The average Bonchev–Trinajstić information content (AvgIpc) is 2.65. The van der Waals surface area contributed by atoms with Gasteiger partial charge < -0.3 is 25.3 Å². The van der Waals surface area contributed by atoms with Gasteiger partial charge in [0.25, 0.3) is 11.8 Å². The van der Waals surface area contributed by atoms with Crippen LogP contribution in [0, 0.1) is 0 Å². The Balaban J connectivity index is 2.26. The number of carbonyl (C=O) groups excluding carboxylic acids is 2. The van der Waals surface area contributed by atoms with Crippen molar-refractivity contribution in [1.82, 2.24) is 0 Å². The molecule has 0 aliphatic carbocycles. The molecule has 3 N–H and O–H groups in total. The Hall–Kier alpha value is -3.22. The number of hydrogen-bond donors (Lipinski definition) is 2. The Morgan fingerprint density at radius 2 is 1.59 bits per heavy atom. The molecular weight excluding hydrogens is 348 g/mol. The van der Waals surface area contributed by atoms with Gasteiger partial charge in [-0.2, -0.15) is 0 Å². The van der Waals surface area contributed by atoms with Crippen LogP contribution in [-0.4, -0.2) is 32.6 Å². The lowest BCUT2D eigenvalue weighted by Gasteiger charge is -2.15. The van der Waals surface area contributed by atoms with Gasteiger partial charge in [0.1, 0.15) is 0 Å². The molecule has 0 aliphatic rings. The van der Waals surface area contributed by atoms with Crippen LogP contribution < -0.4 is 25.3 Å². The third-order valence-corrected chi connectivity index (χ3v) is 3.92. The predicted molar refractivity (Wildman–Crippen MR) is 103 cm³/mol. The predicted octanol–water partition coefficient (Wildman–Crippen LogP) is 2.94. The number of nitrogens with two attached hydrogens (primary N) is 1. The molecule has 2 amide bonds. The van der Waals surface area contributed by atoms with Gasteiger partial charge in [-0.05, 0) is 35.7 Å². The first-order valence-corrected chi connectivity index (χ1v) is 8.44. The van der Waals surface area contributed by atoms with Gasteiger partial charge in [0.15, 0.2) is 18.1 Å². The average molecular weight is 372 g/mol. The van der Waals surface area contributed by atoms with E-state index in [1.165, 1.54) is 31.9 Å². The van der Waals surface area contributed by atoms with E-state index in [0.29, 0.717) is 17.2 Å². The van der Waals surface area contributed by atoms with Crippen molar-refractivity contribution in [3.8, 4) is 17.2 Å². The summed E-state index contributed by atoms with van der Waals surface area (Å²) in [6, 6.07) is 10.7. The van der Waals surface area contributed by atoms with E-state index in [1.807, 2.05) is 24.3 Å². The molecule has 0 saturated carbocycles. The fourth-order valence-corrected chi connectivity index (χ4v) is 2.45. The number of nitrogens with one attached hydrogen (secondary N) is 1. The number of rotatable bonds is 8. The van der Waals surface area contributed by atoms with E-state index in [1.54, 1.807) is 0 Å². The van der Waals surface area contributed by atoms with Crippen molar-refractivity contribution in [3.05, 3.63) is 47.5 Å². The lowest BCUT2D eigenvalue weighted by molar-refractivity contribution is -0.120. The summed E-state index contributed by atoms with van der Waals surface area (Å²) in [6.07, 6.45) is 0. The molecule has 0 spiro atoms. The first-order valence-electron chi connectivity index (χ1n) is 8.44. The minimum absolute atomic E-state index is 0.205. The number of carbonyl (C=O) groups is 2. The van der Waals surface area contributed by atoms with Crippen molar-refractivity contribution in [2.75, 3.05) is 26.1 Å². The van der Waals surface area contributed by atoms with Gasteiger partial charge in [-0.25, -0.2) is 0 Å². The lowest BCUT2D eigenvalue weighted by atomic mass is 10.0. The van der Waals surface area contributed by atoms with Gasteiger partial charge in [-0.3, -0.25) is 9.59 Å². The molecule has 0 aromatic heterocycles. The molecule has 27 heavy (non-hydrogen) atoms. The number of benzene rings is 2. The molecule has 0 unspecified atom stereocenters. The van der Waals surface area contributed by atoms with Crippen LogP contribution >= 0.6 is 0 Å². The van der Waals surface area contributed by atoms with E-state index >= 15 is 0 Å². The maximum atomic E-state index is 12.6. The molecule has 2 rings (SSSR count). The van der Waals surface area contributed by atoms with Crippen LogP contribution in [-0.2, 0) is 4.79 Å². The quantitative estimate of drug-likeness (QED) is 0.742. The largest absolute Gasteiger partial charge is 0.493 e. The van der Waals surface area contributed by atoms with Crippen molar-refractivity contribution in [2.24, 2.45) is 5.73 Å². The number of amides is 2. The molecule has 144 valence electrons. The topological polar surface area (TPSA) is 99.9 Å². The maximum absolute atomic E-state index is 12.6. The summed E-state index contributed by atoms with van der Waals surface area (Å²) in [7, 11) is 2.86. The number of hydrogen-bond acceptors (Lipinski definition) is 5. The highest BCUT2D eigenvalue weighted by atomic mass is 16.5. The Morgan fingerprint density at radius 3 is 2.04 bits per heavy atom. The minimum Gasteiger partial charge on any atom is -0.493 e. The van der Waals surface area contributed by atoms with Gasteiger partial charge in [-0.1, -0.05) is 26.0 Å². The molecule has 0 saturated heterocycles. The second kappa shape index (κ2) is 8.93. The third-order valence-electron chi connectivity index (χ3n) is 3.92. The molecule has 0 atom stereocenters. The molecule has 7 nitrogen and oxygen atoms in total. The van der Waals surface area contributed by atoms with Crippen molar-refractivity contribution in [1.29, 1.82) is 0 Å². The Kier molecular flexibility index (Phi) is 6.65. The Morgan fingerprint density at radius 1 is 1.04 bits per heavy atom. The number of primary amides is 1. The number of methoxy groups -OCH3 is 2. The summed E-state index contributed by atoms with van der Waals surface area (Å²) < 4.78 is 15.9. The van der Waals surface area contributed by atoms with Crippen LogP contribution in [0.25, 0.3) is 0 Å². The van der Waals surface area contributed by atoms with Crippen molar-refractivity contribution in [3.63, 3.8) is 0 Å². The van der Waals surface area contributed by atoms with E-state index in [2.05, 4.69) is 19.2 Å². The van der Waals surface area contributed by atoms with Crippen LogP contribution in [0.2, 0.25) is 0 Å². The Labute approximate surface area is 158 Å². The highest BCUT2D eigenvalue weighted by Crippen LogP contribution is 2.38. The summed E-state index contributed by atoms with van der Waals surface area (Å²) in [5.74, 6) is 0.177. The lowest BCUT2D eigenvalue weighted by Crippen LogP contribution is -2.20. The van der Waals surface area contributed by atoms with Crippen LogP contribution in [0.5, 0.6) is 17.2 Å². The van der Waals surface area contributed by atoms with Crippen LogP contribution in [0.1, 0.15) is 35.7 Å². The molecule has 0 fully saturated rings. The fraction of sp³-hybridized carbons (Fsp3) is 0.300. The third kappa shape index (κ3) is 5.13. The maximum Gasteiger partial charge on any atom is 0.255 e. The normalized spacial score (nSPS) is 10.4. The van der Waals surface area contributed by atoms with E-state index < -0.39 is 5.91 Å². The fourth-order valence-electron chi connectivity index (χ4n) is 2.45. The summed E-state index contributed by atoms with van der Waals surface area (Å²) in [6.45, 7) is 3.88. The van der Waals surface area contributed by atoms with Crippen molar-refractivity contribution < 1.29 is 23.8 Å². The first-order chi connectivity index (χ1) is 12.8. The van der Waals surface area contributed by atoms with Gasteiger partial charge in [0, 0.05) is 11.3 Å². The molecule has 0 radical (unpaired) electrons. The smallest absolute Gasteiger partial charge is 0.255 e. The summed E-state index contributed by atoms with van der Waals surface area (Å²) in [5, 5.41) is 2.83. The molecule has 2 aromatic rings. The summed E-state index contributed by atoms with van der Waals surface area (Å²) in [5.41, 5.74) is 7.29. The summed E-state index contributed by atoms with van der Waals surface area (Å²) >= 11 is 0. The minimum atomic E-state index is -0.634. The van der Waals surface area contributed by atoms with Gasteiger partial charge >= 0.3 is 0 Å². The molecule has 0 bridgehead atoms. The molecule has 2 aromatic carbocycles. The number of anilines is 1. The van der Waals surface area contributed by atoms with Gasteiger partial charge in [0.05, 0.1) is 14.2 Å². The van der Waals surface area contributed by atoms with Crippen molar-refractivity contribution in [2.45, 2.75) is 19.8 Å². The summed E-state index contributed by atoms with van der Waals surface area (Å²) in [4.78, 5) is 23.6.